The molecule has 0 spiro atoms. The lowest BCUT2D eigenvalue weighted by Gasteiger charge is -1.93. The molecule has 0 atom stereocenters. The largest absolute Gasteiger partial charge is 0.543 e. The average Bonchev–Trinajstić information content (AvgIpc) is 2.49. The third kappa shape index (κ3) is 1.18. The molecule has 0 saturated carbocycles. The van der Waals surface area contributed by atoms with Gasteiger partial charge in [-0.3, -0.25) is 0 Å². The summed E-state index contributed by atoms with van der Waals surface area (Å²) >= 11 is 0. The molecule has 0 fully saturated rings. The van der Waals surface area contributed by atoms with Crippen LogP contribution in [0.15, 0.2) is 24.3 Å². The first kappa shape index (κ1) is 7.86. The Balaban J connectivity index is 2.75. The molecular weight excluding hydrogens is 166 g/mol. The van der Waals surface area contributed by atoms with E-state index in [0.717, 1.165) is 16.5 Å². The van der Waals surface area contributed by atoms with Crippen molar-refractivity contribution in [1.82, 2.24) is 4.98 Å². The molecule has 1 N–H and O–H groups in total. The van der Waals surface area contributed by atoms with Gasteiger partial charge in [0.1, 0.15) is 0 Å². The zero-order valence-corrected chi connectivity index (χ0v) is 7.13. The van der Waals surface area contributed by atoms with E-state index in [1.807, 2.05) is 25.1 Å². The lowest BCUT2D eigenvalue weighted by Crippen LogP contribution is -2.22. The highest BCUT2D eigenvalue weighted by Crippen LogP contribution is 2.18. The fourth-order valence-electron chi connectivity index (χ4n) is 1.42. The number of rotatable bonds is 1. The predicted molar refractivity (Wildman–Crippen MR) is 47.4 cm³/mol. The molecule has 1 aromatic carbocycles. The summed E-state index contributed by atoms with van der Waals surface area (Å²) in [6.07, 6.45) is 0. The molecule has 66 valence electrons. The molecule has 2 rings (SSSR count). The number of nitrogens with one attached hydrogen (secondary N) is 1. The zero-order chi connectivity index (χ0) is 9.42. The van der Waals surface area contributed by atoms with E-state index in [4.69, 9.17) is 0 Å². The molecule has 0 aliphatic rings. The van der Waals surface area contributed by atoms with Gasteiger partial charge >= 0.3 is 0 Å². The third-order valence-electron chi connectivity index (χ3n) is 2.10. The van der Waals surface area contributed by atoms with Gasteiger partial charge < -0.3 is 14.9 Å². The summed E-state index contributed by atoms with van der Waals surface area (Å²) in [5.41, 5.74) is 2.02. The molecule has 0 unspecified atom stereocenters. The zero-order valence-electron chi connectivity index (χ0n) is 7.13. The van der Waals surface area contributed by atoms with E-state index < -0.39 is 5.97 Å². The maximum atomic E-state index is 10.5. The molecule has 1 aromatic heterocycles. The Morgan fingerprint density at radius 1 is 1.46 bits per heavy atom. The van der Waals surface area contributed by atoms with Crippen molar-refractivity contribution in [1.29, 1.82) is 0 Å². The SMILES string of the molecule is Cc1cccc2[nH]c(C(=O)[O-])cc12. The number of aryl methyl sites for hydroxylation is 1. The first-order chi connectivity index (χ1) is 6.18. The Labute approximate surface area is 75.0 Å². The van der Waals surface area contributed by atoms with E-state index in [-0.39, 0.29) is 5.69 Å². The highest BCUT2D eigenvalue weighted by molar-refractivity contribution is 5.93. The quantitative estimate of drug-likeness (QED) is 0.696. The lowest BCUT2D eigenvalue weighted by atomic mass is 10.1. The number of H-pyrrole nitrogens is 1. The van der Waals surface area contributed by atoms with Crippen LogP contribution in [0.2, 0.25) is 0 Å². The van der Waals surface area contributed by atoms with Crippen LogP contribution in [0.1, 0.15) is 16.1 Å². The second-order valence-corrected chi connectivity index (χ2v) is 3.01. The van der Waals surface area contributed by atoms with Gasteiger partial charge in [-0.25, -0.2) is 0 Å². The number of carbonyl (C=O) groups is 1. The molecule has 13 heavy (non-hydrogen) atoms. The smallest absolute Gasteiger partial charge is 0.0878 e. The van der Waals surface area contributed by atoms with Crippen LogP contribution in [0.25, 0.3) is 10.9 Å². The van der Waals surface area contributed by atoms with Gasteiger partial charge in [0.2, 0.25) is 0 Å². The van der Waals surface area contributed by atoms with Crippen LogP contribution in [0, 0.1) is 6.92 Å². The average molecular weight is 174 g/mol. The molecule has 2 aromatic rings. The van der Waals surface area contributed by atoms with Gasteiger partial charge in [0.05, 0.1) is 11.7 Å². The fraction of sp³-hybridized carbons (Fsp3) is 0.100. The number of carbonyl (C=O) groups excluding carboxylic acids is 1. The second kappa shape index (κ2) is 2.62. The molecule has 0 saturated heterocycles. The van der Waals surface area contributed by atoms with Gasteiger partial charge in [-0.1, -0.05) is 12.1 Å². The van der Waals surface area contributed by atoms with E-state index in [1.54, 1.807) is 6.07 Å². The van der Waals surface area contributed by atoms with Crippen molar-refractivity contribution in [3.8, 4) is 0 Å². The molecular formula is C10H8NO2-. The van der Waals surface area contributed by atoms with Crippen molar-refractivity contribution >= 4 is 16.9 Å². The summed E-state index contributed by atoms with van der Waals surface area (Å²) in [5.74, 6) is -1.17. The molecule has 0 aliphatic carbocycles. The number of carboxylic acids is 1. The normalized spacial score (nSPS) is 10.5. The minimum atomic E-state index is -1.17. The van der Waals surface area contributed by atoms with Gasteiger partial charge in [-0.05, 0) is 24.6 Å². The molecule has 0 radical (unpaired) electrons. The van der Waals surface area contributed by atoms with E-state index >= 15 is 0 Å². The number of benzene rings is 1. The van der Waals surface area contributed by atoms with Crippen molar-refractivity contribution < 1.29 is 9.90 Å². The van der Waals surface area contributed by atoms with Crippen LogP contribution in [0.3, 0.4) is 0 Å². The van der Waals surface area contributed by atoms with Gasteiger partial charge in [0.15, 0.2) is 0 Å². The number of aromatic nitrogens is 1. The van der Waals surface area contributed by atoms with Gasteiger partial charge in [0, 0.05) is 10.9 Å². The van der Waals surface area contributed by atoms with Crippen molar-refractivity contribution in [2.45, 2.75) is 6.92 Å². The number of aromatic carboxylic acids is 1. The molecule has 0 bridgehead atoms. The minimum Gasteiger partial charge on any atom is -0.543 e. The highest BCUT2D eigenvalue weighted by Gasteiger charge is 2.02. The summed E-state index contributed by atoms with van der Waals surface area (Å²) in [6, 6.07) is 7.26. The van der Waals surface area contributed by atoms with Crippen LogP contribution in [-0.4, -0.2) is 11.0 Å². The summed E-state index contributed by atoms with van der Waals surface area (Å²) in [7, 11) is 0. The Kier molecular flexibility index (Phi) is 1.59. The van der Waals surface area contributed by atoms with Crippen molar-refractivity contribution in [3.63, 3.8) is 0 Å². The first-order valence-electron chi connectivity index (χ1n) is 3.98. The van der Waals surface area contributed by atoms with Crippen LogP contribution in [-0.2, 0) is 0 Å². The second-order valence-electron chi connectivity index (χ2n) is 3.01. The molecule has 3 nitrogen and oxygen atoms in total. The van der Waals surface area contributed by atoms with Crippen LogP contribution in [0.5, 0.6) is 0 Å². The molecule has 0 aliphatic heterocycles. The number of aromatic amines is 1. The van der Waals surface area contributed by atoms with Crippen molar-refractivity contribution in [3.05, 3.63) is 35.5 Å². The number of fused-ring (bicyclic) bond motifs is 1. The summed E-state index contributed by atoms with van der Waals surface area (Å²) in [6.45, 7) is 1.94. The predicted octanol–water partition coefficient (Wildman–Crippen LogP) is 0.840. The van der Waals surface area contributed by atoms with Gasteiger partial charge in [-0.15, -0.1) is 0 Å². The van der Waals surface area contributed by atoms with Crippen molar-refractivity contribution in [2.24, 2.45) is 0 Å². The fourth-order valence-corrected chi connectivity index (χ4v) is 1.42. The monoisotopic (exact) mass is 174 g/mol. The Hall–Kier alpha value is -1.77. The Bertz CT molecular complexity index is 471. The van der Waals surface area contributed by atoms with Crippen LogP contribution in [0.4, 0.5) is 0 Å². The maximum absolute atomic E-state index is 10.5. The van der Waals surface area contributed by atoms with E-state index in [2.05, 4.69) is 4.98 Å². The van der Waals surface area contributed by atoms with Crippen LogP contribution < -0.4 is 5.11 Å². The first-order valence-corrected chi connectivity index (χ1v) is 3.98. The Morgan fingerprint density at radius 2 is 2.23 bits per heavy atom. The van der Waals surface area contributed by atoms with Gasteiger partial charge in [0.25, 0.3) is 0 Å². The minimum absolute atomic E-state index is 0.129. The highest BCUT2D eigenvalue weighted by atomic mass is 16.4. The number of carboxylic acid groups (broad SMARTS) is 1. The number of hydrogen-bond acceptors (Lipinski definition) is 2. The molecule has 3 heteroatoms. The van der Waals surface area contributed by atoms with Gasteiger partial charge in [-0.2, -0.15) is 0 Å². The topological polar surface area (TPSA) is 55.9 Å². The van der Waals surface area contributed by atoms with Crippen LogP contribution >= 0.6 is 0 Å². The maximum Gasteiger partial charge on any atom is 0.0878 e. The van der Waals surface area contributed by atoms with Crippen molar-refractivity contribution in [2.75, 3.05) is 0 Å². The number of hydrogen-bond donors (Lipinski definition) is 1. The summed E-state index contributed by atoms with van der Waals surface area (Å²) in [4.78, 5) is 13.3. The van der Waals surface area contributed by atoms with E-state index in [0.29, 0.717) is 0 Å². The summed E-state index contributed by atoms with van der Waals surface area (Å²) < 4.78 is 0. The molecule has 0 amide bonds. The lowest BCUT2D eigenvalue weighted by molar-refractivity contribution is -0.255. The summed E-state index contributed by atoms with van der Waals surface area (Å²) in [5, 5.41) is 11.5. The van der Waals surface area contributed by atoms with E-state index in [1.165, 1.54) is 0 Å². The standard InChI is InChI=1S/C10H9NO2/c1-6-3-2-4-8-7(6)5-9(11-8)10(12)13/h2-5,11H,1H3,(H,12,13)/p-1. The third-order valence-corrected chi connectivity index (χ3v) is 2.10. The van der Waals surface area contributed by atoms with E-state index in [9.17, 15) is 9.90 Å². The Morgan fingerprint density at radius 3 is 2.85 bits per heavy atom. The molecule has 1 heterocycles.